The molecule has 1 aromatic rings. The number of carboxylic acids is 1. The van der Waals surface area contributed by atoms with E-state index in [9.17, 15) is 4.79 Å². The number of allylic oxidation sites excluding steroid dienone is 1. The standard InChI is InChI=1S/C7H6O2.C6H12O/c8-7(9)6-4-2-1-3-5-6;1-3-4-5-6(2)7/h1-5H,(H,8,9);7H,2-5H2,1H3. The number of aliphatic hydroxyl groups is 1. The molecule has 0 atom stereocenters. The van der Waals surface area contributed by atoms with Gasteiger partial charge in [0.2, 0.25) is 0 Å². The van der Waals surface area contributed by atoms with E-state index in [2.05, 4.69) is 13.5 Å². The lowest BCUT2D eigenvalue weighted by Crippen LogP contribution is -1.93. The Labute approximate surface area is 96.1 Å². The van der Waals surface area contributed by atoms with E-state index in [4.69, 9.17) is 10.2 Å². The van der Waals surface area contributed by atoms with Gasteiger partial charge in [0.1, 0.15) is 0 Å². The van der Waals surface area contributed by atoms with Gasteiger partial charge >= 0.3 is 5.97 Å². The van der Waals surface area contributed by atoms with Crippen LogP contribution >= 0.6 is 0 Å². The van der Waals surface area contributed by atoms with Gasteiger partial charge in [-0.3, -0.25) is 0 Å². The van der Waals surface area contributed by atoms with Gasteiger partial charge in [-0.15, -0.1) is 0 Å². The molecule has 0 fully saturated rings. The zero-order chi connectivity index (χ0) is 12.4. The van der Waals surface area contributed by atoms with Crippen LogP contribution in [0.25, 0.3) is 0 Å². The highest BCUT2D eigenvalue weighted by molar-refractivity contribution is 5.87. The first-order valence-corrected chi connectivity index (χ1v) is 5.23. The Morgan fingerprint density at radius 2 is 1.81 bits per heavy atom. The topological polar surface area (TPSA) is 57.5 Å². The van der Waals surface area contributed by atoms with Crippen molar-refractivity contribution in [2.24, 2.45) is 0 Å². The number of carboxylic acid groups (broad SMARTS) is 1. The van der Waals surface area contributed by atoms with E-state index in [1.807, 2.05) is 0 Å². The van der Waals surface area contributed by atoms with E-state index in [0.29, 0.717) is 11.3 Å². The third-order valence-electron chi connectivity index (χ3n) is 1.84. The van der Waals surface area contributed by atoms with Crippen LogP contribution in [-0.4, -0.2) is 16.2 Å². The van der Waals surface area contributed by atoms with Crippen LogP contribution in [0.1, 0.15) is 36.5 Å². The molecule has 0 saturated carbocycles. The normalized spacial score (nSPS) is 8.81. The molecular formula is C13H18O3. The van der Waals surface area contributed by atoms with Crippen LogP contribution in [0.4, 0.5) is 0 Å². The summed E-state index contributed by atoms with van der Waals surface area (Å²) < 4.78 is 0. The SMILES string of the molecule is C=C(O)CCCC.O=C(O)c1ccccc1. The Morgan fingerprint density at radius 1 is 1.25 bits per heavy atom. The van der Waals surface area contributed by atoms with Crippen molar-refractivity contribution in [3.8, 4) is 0 Å². The Bertz CT molecular complexity index is 317. The van der Waals surface area contributed by atoms with Crippen molar-refractivity contribution in [2.75, 3.05) is 0 Å². The summed E-state index contributed by atoms with van der Waals surface area (Å²) in [6, 6.07) is 8.30. The summed E-state index contributed by atoms with van der Waals surface area (Å²) in [6.07, 6.45) is 2.94. The molecular weight excluding hydrogens is 204 g/mol. The second-order valence-electron chi connectivity index (χ2n) is 3.34. The summed E-state index contributed by atoms with van der Waals surface area (Å²) >= 11 is 0. The average molecular weight is 222 g/mol. The molecule has 2 N–H and O–H groups in total. The molecule has 0 aliphatic carbocycles. The Balaban J connectivity index is 0.000000293. The minimum Gasteiger partial charge on any atom is -0.513 e. The fraction of sp³-hybridized carbons (Fsp3) is 0.308. The van der Waals surface area contributed by atoms with Gasteiger partial charge in [-0.2, -0.15) is 0 Å². The molecule has 88 valence electrons. The van der Waals surface area contributed by atoms with Gasteiger partial charge in [-0.05, 0) is 18.6 Å². The van der Waals surface area contributed by atoms with Crippen molar-refractivity contribution < 1.29 is 15.0 Å². The molecule has 0 bridgehead atoms. The smallest absolute Gasteiger partial charge is 0.335 e. The first-order chi connectivity index (χ1) is 7.57. The highest BCUT2D eigenvalue weighted by Gasteiger charge is 1.96. The molecule has 0 aliphatic rings. The van der Waals surface area contributed by atoms with E-state index in [-0.39, 0.29) is 0 Å². The maximum absolute atomic E-state index is 10.2. The van der Waals surface area contributed by atoms with Crippen LogP contribution < -0.4 is 0 Å². The van der Waals surface area contributed by atoms with E-state index in [1.165, 1.54) is 0 Å². The molecule has 0 aromatic heterocycles. The Hall–Kier alpha value is -1.77. The molecule has 0 heterocycles. The minimum atomic E-state index is -0.879. The Morgan fingerprint density at radius 3 is 2.06 bits per heavy atom. The van der Waals surface area contributed by atoms with Gasteiger partial charge < -0.3 is 10.2 Å². The van der Waals surface area contributed by atoms with E-state index in [1.54, 1.807) is 30.3 Å². The summed E-state index contributed by atoms with van der Waals surface area (Å²) in [4.78, 5) is 10.2. The largest absolute Gasteiger partial charge is 0.513 e. The second kappa shape index (κ2) is 8.53. The van der Waals surface area contributed by atoms with Crippen molar-refractivity contribution in [2.45, 2.75) is 26.2 Å². The van der Waals surface area contributed by atoms with Crippen molar-refractivity contribution in [3.05, 3.63) is 48.2 Å². The molecule has 0 amide bonds. The fourth-order valence-electron chi connectivity index (χ4n) is 0.962. The van der Waals surface area contributed by atoms with Crippen molar-refractivity contribution in [1.29, 1.82) is 0 Å². The average Bonchev–Trinajstić information content (AvgIpc) is 2.28. The molecule has 3 nitrogen and oxygen atoms in total. The Kier molecular flexibility index (Phi) is 7.59. The number of carbonyl (C=O) groups is 1. The van der Waals surface area contributed by atoms with Gasteiger partial charge in [0.05, 0.1) is 11.3 Å². The number of unbranched alkanes of at least 4 members (excludes halogenated alkanes) is 1. The van der Waals surface area contributed by atoms with E-state index >= 15 is 0 Å². The van der Waals surface area contributed by atoms with Gasteiger partial charge in [0.15, 0.2) is 0 Å². The van der Waals surface area contributed by atoms with Crippen LogP contribution in [0.2, 0.25) is 0 Å². The van der Waals surface area contributed by atoms with Crippen LogP contribution in [0, 0.1) is 0 Å². The molecule has 0 unspecified atom stereocenters. The molecule has 0 spiro atoms. The molecule has 3 heteroatoms. The monoisotopic (exact) mass is 222 g/mol. The lowest BCUT2D eigenvalue weighted by molar-refractivity contribution is 0.0697. The van der Waals surface area contributed by atoms with Gasteiger partial charge in [0, 0.05) is 6.42 Å². The van der Waals surface area contributed by atoms with Crippen molar-refractivity contribution in [1.82, 2.24) is 0 Å². The third-order valence-corrected chi connectivity index (χ3v) is 1.84. The molecule has 0 radical (unpaired) electrons. The van der Waals surface area contributed by atoms with E-state index in [0.717, 1.165) is 19.3 Å². The number of hydrogen-bond donors (Lipinski definition) is 2. The van der Waals surface area contributed by atoms with Gasteiger partial charge in [-0.25, -0.2) is 4.79 Å². The highest BCUT2D eigenvalue weighted by atomic mass is 16.4. The van der Waals surface area contributed by atoms with E-state index < -0.39 is 5.97 Å². The summed E-state index contributed by atoms with van der Waals surface area (Å²) in [6.45, 7) is 5.43. The third kappa shape index (κ3) is 7.62. The number of aromatic carboxylic acids is 1. The highest BCUT2D eigenvalue weighted by Crippen LogP contribution is 1.99. The maximum Gasteiger partial charge on any atom is 0.335 e. The zero-order valence-electron chi connectivity index (χ0n) is 9.52. The van der Waals surface area contributed by atoms with Gasteiger partial charge in [0.25, 0.3) is 0 Å². The number of rotatable bonds is 4. The second-order valence-corrected chi connectivity index (χ2v) is 3.34. The first-order valence-electron chi connectivity index (χ1n) is 5.23. The predicted molar refractivity (Wildman–Crippen MR) is 64.7 cm³/mol. The van der Waals surface area contributed by atoms with Crippen molar-refractivity contribution in [3.63, 3.8) is 0 Å². The predicted octanol–water partition coefficient (Wildman–Crippen LogP) is 3.63. The molecule has 0 aliphatic heterocycles. The summed E-state index contributed by atoms with van der Waals surface area (Å²) in [5.41, 5.74) is 0.331. The van der Waals surface area contributed by atoms with Crippen LogP contribution in [0.3, 0.4) is 0 Å². The van der Waals surface area contributed by atoms with Crippen LogP contribution in [0.15, 0.2) is 42.7 Å². The quantitative estimate of drug-likeness (QED) is 0.765. The molecule has 1 rings (SSSR count). The summed E-state index contributed by atoms with van der Waals surface area (Å²) in [5.74, 6) is -0.572. The first kappa shape index (κ1) is 14.2. The zero-order valence-corrected chi connectivity index (χ0v) is 9.52. The summed E-state index contributed by atoms with van der Waals surface area (Å²) in [5, 5.41) is 16.9. The molecule has 1 aromatic carbocycles. The maximum atomic E-state index is 10.2. The lowest BCUT2D eigenvalue weighted by Gasteiger charge is -1.91. The molecule has 16 heavy (non-hydrogen) atoms. The minimum absolute atomic E-state index is 0.307. The number of hydrogen-bond acceptors (Lipinski definition) is 2. The molecule has 0 saturated heterocycles. The number of aliphatic hydroxyl groups excluding tert-OH is 1. The van der Waals surface area contributed by atoms with Crippen LogP contribution in [0.5, 0.6) is 0 Å². The summed E-state index contributed by atoms with van der Waals surface area (Å²) in [7, 11) is 0. The van der Waals surface area contributed by atoms with Crippen LogP contribution in [-0.2, 0) is 0 Å². The fourth-order valence-corrected chi connectivity index (χ4v) is 0.962. The van der Waals surface area contributed by atoms with Gasteiger partial charge in [-0.1, -0.05) is 38.1 Å². The van der Waals surface area contributed by atoms with Crippen molar-refractivity contribution >= 4 is 5.97 Å². The lowest BCUT2D eigenvalue weighted by atomic mass is 10.2. The number of benzene rings is 1.